The first-order valence-electron chi connectivity index (χ1n) is 8.91. The highest BCUT2D eigenvalue weighted by Crippen LogP contribution is 2.47. The minimum Gasteiger partial charge on any atom is -0.0988 e. The fourth-order valence-corrected chi connectivity index (χ4v) is 4.14. The van der Waals surface area contributed by atoms with Gasteiger partial charge in [-0.2, -0.15) is 0 Å². The van der Waals surface area contributed by atoms with E-state index in [1.807, 2.05) is 0 Å². The van der Waals surface area contributed by atoms with E-state index in [0.29, 0.717) is 5.92 Å². The van der Waals surface area contributed by atoms with Gasteiger partial charge >= 0.3 is 0 Å². The SMILES string of the molecule is C=C/C(=C1\Cc2c(C)cc(-c3ccccc3)cc2C1(C)C)C(C)C. The summed E-state index contributed by atoms with van der Waals surface area (Å²) in [6.07, 6.45) is 3.13. The molecule has 0 fully saturated rings. The third-order valence-electron chi connectivity index (χ3n) is 5.55. The van der Waals surface area contributed by atoms with Crippen LogP contribution in [0.25, 0.3) is 11.1 Å². The molecule has 0 radical (unpaired) electrons. The summed E-state index contributed by atoms with van der Waals surface area (Å²) >= 11 is 0. The Balaban J connectivity index is 2.20. The van der Waals surface area contributed by atoms with Crippen molar-refractivity contribution >= 4 is 0 Å². The predicted molar refractivity (Wildman–Crippen MR) is 105 cm³/mol. The van der Waals surface area contributed by atoms with Crippen LogP contribution in [-0.2, 0) is 11.8 Å². The molecule has 0 heteroatoms. The van der Waals surface area contributed by atoms with Crippen molar-refractivity contribution in [2.24, 2.45) is 5.92 Å². The topological polar surface area (TPSA) is 0 Å². The maximum Gasteiger partial charge on any atom is 0.0117 e. The van der Waals surface area contributed by atoms with E-state index in [2.05, 4.69) is 89.7 Å². The molecule has 0 aromatic heterocycles. The molecule has 124 valence electrons. The largest absolute Gasteiger partial charge is 0.0988 e. The van der Waals surface area contributed by atoms with Gasteiger partial charge in [0.05, 0.1) is 0 Å². The van der Waals surface area contributed by atoms with E-state index in [-0.39, 0.29) is 5.41 Å². The summed E-state index contributed by atoms with van der Waals surface area (Å²) in [6, 6.07) is 15.5. The fourth-order valence-electron chi connectivity index (χ4n) is 4.14. The van der Waals surface area contributed by atoms with Crippen molar-refractivity contribution in [2.45, 2.75) is 46.5 Å². The molecule has 0 nitrogen and oxygen atoms in total. The molecule has 0 aliphatic heterocycles. The van der Waals surface area contributed by atoms with Crippen LogP contribution in [0.3, 0.4) is 0 Å². The van der Waals surface area contributed by atoms with E-state index >= 15 is 0 Å². The van der Waals surface area contributed by atoms with Crippen LogP contribution >= 0.6 is 0 Å². The number of rotatable bonds is 3. The minimum absolute atomic E-state index is 0.0681. The molecule has 2 aromatic rings. The predicted octanol–water partition coefficient (Wildman–Crippen LogP) is 6.63. The molecule has 1 aliphatic rings. The molecule has 0 heterocycles. The molecule has 0 saturated heterocycles. The number of fused-ring (bicyclic) bond motifs is 1. The summed E-state index contributed by atoms with van der Waals surface area (Å²) in [5.74, 6) is 0.514. The molecule has 2 aromatic carbocycles. The Morgan fingerprint density at radius 2 is 1.75 bits per heavy atom. The van der Waals surface area contributed by atoms with Crippen molar-refractivity contribution in [1.82, 2.24) is 0 Å². The molecular formula is C24H28. The number of hydrogen-bond donors (Lipinski definition) is 0. The van der Waals surface area contributed by atoms with Crippen LogP contribution < -0.4 is 0 Å². The lowest BCUT2D eigenvalue weighted by Gasteiger charge is -2.26. The standard InChI is InChI=1S/C24H28/c1-7-20(16(2)3)23-15-21-17(4)13-19(14-22(21)24(23,5)6)18-11-9-8-10-12-18/h7-14,16H,1,15H2,2-6H3/b23-20-. The van der Waals surface area contributed by atoms with Crippen molar-refractivity contribution in [3.05, 3.63) is 83.0 Å². The zero-order valence-corrected chi connectivity index (χ0v) is 15.6. The Labute approximate surface area is 146 Å². The minimum atomic E-state index is 0.0681. The van der Waals surface area contributed by atoms with Crippen LogP contribution in [0.5, 0.6) is 0 Å². The van der Waals surface area contributed by atoms with Crippen LogP contribution in [0.2, 0.25) is 0 Å². The first-order chi connectivity index (χ1) is 11.4. The van der Waals surface area contributed by atoms with Gasteiger partial charge < -0.3 is 0 Å². The number of aryl methyl sites for hydroxylation is 1. The Morgan fingerprint density at radius 1 is 1.08 bits per heavy atom. The van der Waals surface area contributed by atoms with Gasteiger partial charge in [-0.3, -0.25) is 0 Å². The third-order valence-corrected chi connectivity index (χ3v) is 5.55. The monoisotopic (exact) mass is 316 g/mol. The van der Waals surface area contributed by atoms with Gasteiger partial charge in [0.2, 0.25) is 0 Å². The molecule has 0 N–H and O–H groups in total. The highest BCUT2D eigenvalue weighted by molar-refractivity contribution is 5.69. The van der Waals surface area contributed by atoms with Crippen LogP contribution in [0.15, 0.2) is 66.3 Å². The lowest BCUT2D eigenvalue weighted by atomic mass is 9.78. The van der Waals surface area contributed by atoms with Gasteiger partial charge in [0.15, 0.2) is 0 Å². The average Bonchev–Trinajstić information content (AvgIpc) is 2.81. The quantitative estimate of drug-likeness (QED) is 0.596. The van der Waals surface area contributed by atoms with Crippen molar-refractivity contribution in [2.75, 3.05) is 0 Å². The summed E-state index contributed by atoms with van der Waals surface area (Å²) in [5.41, 5.74) is 10.0. The molecule has 3 rings (SSSR count). The van der Waals surface area contributed by atoms with Crippen LogP contribution in [0.1, 0.15) is 44.4 Å². The highest BCUT2D eigenvalue weighted by atomic mass is 14.4. The molecule has 0 saturated carbocycles. The van der Waals surface area contributed by atoms with Crippen molar-refractivity contribution in [3.8, 4) is 11.1 Å². The number of benzene rings is 2. The van der Waals surface area contributed by atoms with Gasteiger partial charge in [-0.05, 0) is 58.7 Å². The Morgan fingerprint density at radius 3 is 2.33 bits per heavy atom. The van der Waals surface area contributed by atoms with E-state index in [1.165, 1.54) is 39.0 Å². The molecule has 0 bridgehead atoms. The third kappa shape index (κ3) is 2.65. The maximum atomic E-state index is 4.08. The van der Waals surface area contributed by atoms with Gasteiger partial charge in [-0.25, -0.2) is 0 Å². The lowest BCUT2D eigenvalue weighted by Crippen LogP contribution is -2.18. The van der Waals surface area contributed by atoms with E-state index in [1.54, 1.807) is 0 Å². The maximum absolute atomic E-state index is 4.08. The van der Waals surface area contributed by atoms with Gasteiger partial charge in [-0.15, -0.1) is 0 Å². The van der Waals surface area contributed by atoms with Gasteiger partial charge in [0, 0.05) is 5.41 Å². The summed E-state index contributed by atoms with van der Waals surface area (Å²) in [4.78, 5) is 0. The van der Waals surface area contributed by atoms with E-state index in [4.69, 9.17) is 0 Å². The van der Waals surface area contributed by atoms with E-state index < -0.39 is 0 Å². The zero-order valence-electron chi connectivity index (χ0n) is 15.6. The molecule has 1 aliphatic carbocycles. The summed E-state index contributed by atoms with van der Waals surface area (Å²) in [7, 11) is 0. The normalized spacial score (nSPS) is 17.8. The molecule has 0 spiro atoms. The van der Waals surface area contributed by atoms with Crippen LogP contribution in [-0.4, -0.2) is 0 Å². The summed E-state index contributed by atoms with van der Waals surface area (Å²) < 4.78 is 0. The molecule has 0 unspecified atom stereocenters. The summed E-state index contributed by atoms with van der Waals surface area (Å²) in [5, 5.41) is 0. The van der Waals surface area contributed by atoms with Crippen LogP contribution in [0, 0.1) is 12.8 Å². The zero-order chi connectivity index (χ0) is 17.5. The van der Waals surface area contributed by atoms with Gasteiger partial charge in [-0.1, -0.05) is 82.3 Å². The second-order valence-corrected chi connectivity index (χ2v) is 7.78. The Bertz CT molecular complexity index is 801. The van der Waals surface area contributed by atoms with Crippen molar-refractivity contribution in [1.29, 1.82) is 0 Å². The van der Waals surface area contributed by atoms with E-state index in [9.17, 15) is 0 Å². The van der Waals surface area contributed by atoms with Crippen molar-refractivity contribution < 1.29 is 0 Å². The summed E-state index contributed by atoms with van der Waals surface area (Å²) in [6.45, 7) is 15.6. The second kappa shape index (κ2) is 6.09. The molecular weight excluding hydrogens is 288 g/mol. The number of hydrogen-bond acceptors (Lipinski definition) is 0. The fraction of sp³-hybridized carbons (Fsp3) is 0.333. The molecule has 0 atom stereocenters. The average molecular weight is 316 g/mol. The second-order valence-electron chi connectivity index (χ2n) is 7.78. The Hall–Kier alpha value is -2.08. The highest BCUT2D eigenvalue weighted by Gasteiger charge is 2.37. The molecule has 0 amide bonds. The van der Waals surface area contributed by atoms with Gasteiger partial charge in [0.1, 0.15) is 0 Å². The van der Waals surface area contributed by atoms with Crippen molar-refractivity contribution in [3.63, 3.8) is 0 Å². The van der Waals surface area contributed by atoms with Crippen LogP contribution in [0.4, 0.5) is 0 Å². The smallest absolute Gasteiger partial charge is 0.0117 e. The van der Waals surface area contributed by atoms with Gasteiger partial charge in [0.25, 0.3) is 0 Å². The molecule has 24 heavy (non-hydrogen) atoms. The first-order valence-corrected chi connectivity index (χ1v) is 8.91. The Kier molecular flexibility index (Phi) is 4.25. The lowest BCUT2D eigenvalue weighted by molar-refractivity contribution is 0.619. The first kappa shape index (κ1) is 16.8. The van der Waals surface area contributed by atoms with E-state index in [0.717, 1.165) is 6.42 Å². The number of allylic oxidation sites excluding steroid dienone is 3.